The molecular formula is C20H21N3O3S2. The minimum atomic E-state index is -0.403. The van der Waals surface area contributed by atoms with Crippen LogP contribution in [0.4, 0.5) is 9.80 Å². The third-order valence-electron chi connectivity index (χ3n) is 4.33. The van der Waals surface area contributed by atoms with Gasteiger partial charge in [0.15, 0.2) is 0 Å². The van der Waals surface area contributed by atoms with Crippen molar-refractivity contribution in [1.82, 2.24) is 5.32 Å². The zero-order chi connectivity index (χ0) is 19.9. The van der Waals surface area contributed by atoms with Crippen molar-refractivity contribution in [3.63, 3.8) is 0 Å². The molecule has 1 unspecified atom stereocenters. The molecule has 6 nitrogen and oxygen atoms in total. The first-order valence-corrected chi connectivity index (χ1v) is 10.9. The molecule has 0 saturated heterocycles. The number of carbonyl (C=O) groups is 2. The summed E-state index contributed by atoms with van der Waals surface area (Å²) in [6, 6.07) is 4.14. The molecule has 0 radical (unpaired) electrons. The number of nitriles is 1. The minimum Gasteiger partial charge on any atom is -0.446 e. The lowest BCUT2D eigenvalue weighted by atomic mass is 9.94. The van der Waals surface area contributed by atoms with Crippen molar-refractivity contribution in [2.24, 2.45) is 0 Å². The number of nitrogens with one attached hydrogen (secondary N) is 2. The Hall–Kier alpha value is -2.63. The van der Waals surface area contributed by atoms with Crippen molar-refractivity contribution in [2.45, 2.75) is 38.7 Å². The second-order valence-corrected chi connectivity index (χ2v) is 8.28. The summed E-state index contributed by atoms with van der Waals surface area (Å²) < 4.78 is 5.47. The Bertz CT molecular complexity index is 910. The molecule has 2 aromatic heterocycles. The van der Waals surface area contributed by atoms with Crippen molar-refractivity contribution in [3.05, 3.63) is 44.5 Å². The van der Waals surface area contributed by atoms with Crippen molar-refractivity contribution in [2.75, 3.05) is 11.9 Å². The average Bonchev–Trinajstić information content (AvgIpc) is 3.31. The number of rotatable bonds is 6. The molecule has 0 aliphatic heterocycles. The van der Waals surface area contributed by atoms with E-state index >= 15 is 0 Å². The van der Waals surface area contributed by atoms with Crippen molar-refractivity contribution in [1.29, 1.82) is 5.26 Å². The molecule has 2 amide bonds. The number of hydrogen-bond acceptors (Lipinski definition) is 6. The zero-order valence-corrected chi connectivity index (χ0v) is 17.1. The van der Waals surface area contributed by atoms with Crippen LogP contribution in [-0.4, -0.2) is 24.6 Å². The lowest BCUT2D eigenvalue weighted by Crippen LogP contribution is -2.32. The fourth-order valence-electron chi connectivity index (χ4n) is 2.98. The van der Waals surface area contributed by atoms with Gasteiger partial charge in [-0.05, 0) is 53.3 Å². The standard InChI is InChI=1S/C20H21N3O3S2/c1-2-8-22-20(25)26-14-4-5-15-16(11-21)19(28-17(15)10-14)23-18(24)6-3-13-7-9-27-12-13/h3,6-7,9,12,14H,2,4-5,8,10H2,1H3,(H,22,25)(H,23,24)/b6-3+. The quantitative estimate of drug-likeness (QED) is 0.687. The van der Waals surface area contributed by atoms with Crippen molar-refractivity contribution < 1.29 is 14.3 Å². The van der Waals surface area contributed by atoms with Gasteiger partial charge in [-0.15, -0.1) is 11.3 Å². The smallest absolute Gasteiger partial charge is 0.407 e. The number of ether oxygens (including phenoxy) is 1. The Labute approximate surface area is 171 Å². The fourth-order valence-corrected chi connectivity index (χ4v) is 4.87. The maximum absolute atomic E-state index is 12.2. The Balaban J connectivity index is 1.66. The Morgan fingerprint density at radius 3 is 3.04 bits per heavy atom. The first kappa shape index (κ1) is 20.1. The molecule has 0 spiro atoms. The molecule has 146 valence electrons. The molecule has 2 aromatic rings. The van der Waals surface area contributed by atoms with Crippen LogP contribution in [0.3, 0.4) is 0 Å². The van der Waals surface area contributed by atoms with Crippen LogP contribution in [0.15, 0.2) is 22.9 Å². The highest BCUT2D eigenvalue weighted by atomic mass is 32.1. The van der Waals surface area contributed by atoms with Gasteiger partial charge in [0.1, 0.15) is 17.2 Å². The number of carbonyl (C=O) groups excluding carboxylic acids is 2. The highest BCUT2D eigenvalue weighted by Crippen LogP contribution is 2.38. The first-order valence-electron chi connectivity index (χ1n) is 9.11. The molecule has 1 aliphatic rings. The lowest BCUT2D eigenvalue weighted by molar-refractivity contribution is -0.111. The van der Waals surface area contributed by atoms with E-state index < -0.39 is 6.09 Å². The van der Waals surface area contributed by atoms with E-state index in [1.54, 1.807) is 17.4 Å². The summed E-state index contributed by atoms with van der Waals surface area (Å²) in [5, 5.41) is 19.5. The Morgan fingerprint density at radius 2 is 2.32 bits per heavy atom. The molecule has 2 heterocycles. The second-order valence-electron chi connectivity index (χ2n) is 6.40. The molecule has 3 rings (SSSR count). The van der Waals surface area contributed by atoms with E-state index in [0.29, 0.717) is 36.4 Å². The van der Waals surface area contributed by atoms with Gasteiger partial charge in [0.25, 0.3) is 0 Å². The van der Waals surface area contributed by atoms with Crippen LogP contribution < -0.4 is 10.6 Å². The summed E-state index contributed by atoms with van der Waals surface area (Å²) in [7, 11) is 0. The molecule has 8 heteroatoms. The van der Waals surface area contributed by atoms with Gasteiger partial charge in [0.2, 0.25) is 5.91 Å². The molecule has 0 aromatic carbocycles. The van der Waals surface area contributed by atoms with Crippen LogP contribution in [0.1, 0.15) is 41.3 Å². The molecule has 0 fully saturated rings. The van der Waals surface area contributed by atoms with E-state index in [0.717, 1.165) is 22.4 Å². The summed E-state index contributed by atoms with van der Waals surface area (Å²) in [4.78, 5) is 25.0. The molecule has 2 N–H and O–H groups in total. The molecular weight excluding hydrogens is 394 g/mol. The number of nitrogens with zero attached hydrogens (tertiary/aromatic N) is 1. The van der Waals surface area contributed by atoms with Crippen molar-refractivity contribution in [3.8, 4) is 6.07 Å². The average molecular weight is 416 g/mol. The SMILES string of the molecule is CCCNC(=O)OC1CCc2c(sc(NC(=O)/C=C/c3ccsc3)c2C#N)C1. The van der Waals surface area contributed by atoms with E-state index in [-0.39, 0.29) is 12.0 Å². The van der Waals surface area contributed by atoms with E-state index in [4.69, 9.17) is 4.74 Å². The number of fused-ring (bicyclic) bond motifs is 1. The molecule has 0 bridgehead atoms. The molecule has 0 saturated carbocycles. The monoisotopic (exact) mass is 415 g/mol. The zero-order valence-electron chi connectivity index (χ0n) is 15.5. The normalized spacial score (nSPS) is 15.6. The van der Waals surface area contributed by atoms with Crippen molar-refractivity contribution >= 4 is 45.8 Å². The highest BCUT2D eigenvalue weighted by molar-refractivity contribution is 7.16. The largest absolute Gasteiger partial charge is 0.446 e. The predicted octanol–water partition coefficient (Wildman–Crippen LogP) is 4.33. The van der Waals surface area contributed by atoms with E-state index in [1.807, 2.05) is 23.8 Å². The lowest BCUT2D eigenvalue weighted by Gasteiger charge is -2.22. The van der Waals surface area contributed by atoms with Crippen LogP contribution in [0.2, 0.25) is 0 Å². The van der Waals surface area contributed by atoms with Crippen LogP contribution in [0.25, 0.3) is 6.08 Å². The number of amides is 2. The third kappa shape index (κ3) is 5.00. The summed E-state index contributed by atoms with van der Waals surface area (Å²) in [5.74, 6) is -0.270. The van der Waals surface area contributed by atoms with Crippen LogP contribution >= 0.6 is 22.7 Å². The Morgan fingerprint density at radius 1 is 1.46 bits per heavy atom. The van der Waals surface area contributed by atoms with Gasteiger partial charge in [0, 0.05) is 23.9 Å². The molecule has 28 heavy (non-hydrogen) atoms. The number of anilines is 1. The molecule has 1 atom stereocenters. The highest BCUT2D eigenvalue weighted by Gasteiger charge is 2.28. The number of thiophene rings is 2. The van der Waals surface area contributed by atoms with Gasteiger partial charge in [-0.2, -0.15) is 16.6 Å². The summed E-state index contributed by atoms with van der Waals surface area (Å²) >= 11 is 2.95. The maximum atomic E-state index is 12.2. The number of alkyl carbamates (subject to hydrolysis) is 1. The predicted molar refractivity (Wildman–Crippen MR) is 112 cm³/mol. The number of hydrogen-bond donors (Lipinski definition) is 2. The first-order chi connectivity index (χ1) is 13.6. The summed E-state index contributed by atoms with van der Waals surface area (Å²) in [6.07, 6.45) is 5.33. The van der Waals surface area contributed by atoms with Gasteiger partial charge in [-0.3, -0.25) is 4.79 Å². The van der Waals surface area contributed by atoms with E-state index in [1.165, 1.54) is 17.4 Å². The summed E-state index contributed by atoms with van der Waals surface area (Å²) in [5.41, 5.74) is 2.44. The van der Waals surface area contributed by atoms with Crippen LogP contribution in [0.5, 0.6) is 0 Å². The van der Waals surface area contributed by atoms with Gasteiger partial charge >= 0.3 is 6.09 Å². The van der Waals surface area contributed by atoms with Gasteiger partial charge < -0.3 is 15.4 Å². The van der Waals surface area contributed by atoms with Gasteiger partial charge in [0.05, 0.1) is 5.56 Å². The van der Waals surface area contributed by atoms with Crippen LogP contribution in [-0.2, 0) is 22.4 Å². The van der Waals surface area contributed by atoms with E-state index in [2.05, 4.69) is 16.7 Å². The maximum Gasteiger partial charge on any atom is 0.407 e. The van der Waals surface area contributed by atoms with Gasteiger partial charge in [-0.25, -0.2) is 4.79 Å². The van der Waals surface area contributed by atoms with E-state index in [9.17, 15) is 14.9 Å². The molecule has 1 aliphatic carbocycles. The van der Waals surface area contributed by atoms with Gasteiger partial charge in [-0.1, -0.05) is 6.92 Å². The second kappa shape index (κ2) is 9.53. The topological polar surface area (TPSA) is 91.2 Å². The minimum absolute atomic E-state index is 0.211. The summed E-state index contributed by atoms with van der Waals surface area (Å²) in [6.45, 7) is 2.57. The van der Waals surface area contributed by atoms with Crippen LogP contribution in [0, 0.1) is 11.3 Å². The third-order valence-corrected chi connectivity index (χ3v) is 6.20. The fraction of sp³-hybridized carbons (Fsp3) is 0.350. The Kier molecular flexibility index (Phi) is 6.85.